The number of hydrogen-bond acceptors (Lipinski definition) is 6. The van der Waals surface area contributed by atoms with Gasteiger partial charge in [-0.3, -0.25) is 9.78 Å². The molecule has 4 aromatic rings. The molecule has 0 aromatic carbocycles. The first-order valence-electron chi connectivity index (χ1n) is 7.62. The zero-order valence-corrected chi connectivity index (χ0v) is 13.1. The lowest BCUT2D eigenvalue weighted by Crippen LogP contribution is -2.14. The van der Waals surface area contributed by atoms with Gasteiger partial charge in [-0.25, -0.2) is 4.98 Å². The number of rotatable bonds is 5. The Kier molecular flexibility index (Phi) is 3.83. The van der Waals surface area contributed by atoms with Crippen LogP contribution in [0.15, 0.2) is 65.7 Å². The topological polar surface area (TPSA) is 97.3 Å². The maximum Gasteiger partial charge on any atom is 0.258 e. The monoisotopic (exact) mass is 334 g/mol. The fraction of sp³-hybridized carbons (Fsp3) is 0.0588. The summed E-state index contributed by atoms with van der Waals surface area (Å²) in [4.78, 5) is 20.4. The van der Waals surface area contributed by atoms with Crippen LogP contribution < -0.4 is 10.6 Å². The van der Waals surface area contributed by atoms with E-state index in [2.05, 4.69) is 25.7 Å². The van der Waals surface area contributed by atoms with Gasteiger partial charge >= 0.3 is 0 Å². The third kappa shape index (κ3) is 3.18. The van der Waals surface area contributed by atoms with Crippen molar-refractivity contribution in [3.8, 4) is 0 Å². The maximum absolute atomic E-state index is 12.2. The number of nitrogens with zero attached hydrogens (tertiary/aromatic N) is 4. The molecule has 0 fully saturated rings. The van der Waals surface area contributed by atoms with Crippen molar-refractivity contribution in [2.24, 2.45) is 0 Å². The van der Waals surface area contributed by atoms with E-state index >= 15 is 0 Å². The van der Waals surface area contributed by atoms with Crippen molar-refractivity contribution in [1.29, 1.82) is 0 Å². The van der Waals surface area contributed by atoms with Crippen LogP contribution in [-0.4, -0.2) is 25.5 Å². The molecular formula is C17H14N6O2. The fourth-order valence-corrected chi connectivity index (χ4v) is 2.34. The predicted molar refractivity (Wildman–Crippen MR) is 91.2 cm³/mol. The van der Waals surface area contributed by atoms with Gasteiger partial charge in [-0.2, -0.15) is 4.52 Å². The van der Waals surface area contributed by atoms with Gasteiger partial charge in [0, 0.05) is 12.4 Å². The number of nitrogens with one attached hydrogen (secondary N) is 2. The van der Waals surface area contributed by atoms with Gasteiger partial charge in [-0.15, -0.1) is 5.10 Å². The Morgan fingerprint density at radius 2 is 2.12 bits per heavy atom. The summed E-state index contributed by atoms with van der Waals surface area (Å²) < 4.78 is 6.92. The molecule has 8 heteroatoms. The number of hydrogen-bond donors (Lipinski definition) is 2. The number of furan rings is 1. The van der Waals surface area contributed by atoms with E-state index in [1.54, 1.807) is 47.4 Å². The molecule has 0 saturated heterocycles. The van der Waals surface area contributed by atoms with Crippen LogP contribution in [0, 0.1) is 0 Å². The molecule has 124 valence electrons. The van der Waals surface area contributed by atoms with E-state index in [9.17, 15) is 4.79 Å². The first kappa shape index (κ1) is 14.9. The van der Waals surface area contributed by atoms with E-state index in [0.717, 1.165) is 5.76 Å². The minimum Gasteiger partial charge on any atom is -0.467 e. The van der Waals surface area contributed by atoms with Gasteiger partial charge in [-0.1, -0.05) is 0 Å². The minimum absolute atomic E-state index is 0.273. The largest absolute Gasteiger partial charge is 0.467 e. The van der Waals surface area contributed by atoms with Crippen LogP contribution in [0.5, 0.6) is 0 Å². The fourth-order valence-electron chi connectivity index (χ4n) is 2.34. The summed E-state index contributed by atoms with van der Waals surface area (Å²) in [6.07, 6.45) is 6.42. The summed E-state index contributed by atoms with van der Waals surface area (Å²) in [5.74, 6) is 1.64. The van der Waals surface area contributed by atoms with Crippen LogP contribution in [0.25, 0.3) is 5.65 Å². The van der Waals surface area contributed by atoms with Crippen LogP contribution in [0.4, 0.5) is 11.6 Å². The Morgan fingerprint density at radius 1 is 1.16 bits per heavy atom. The normalized spacial score (nSPS) is 10.7. The molecule has 0 aliphatic heterocycles. The smallest absolute Gasteiger partial charge is 0.258 e. The van der Waals surface area contributed by atoms with Crippen molar-refractivity contribution in [1.82, 2.24) is 19.6 Å². The zero-order valence-electron chi connectivity index (χ0n) is 13.1. The number of carbonyl (C=O) groups excluding carboxylic acids is 1. The molecule has 0 aliphatic carbocycles. The van der Waals surface area contributed by atoms with Gasteiger partial charge in [0.1, 0.15) is 11.6 Å². The van der Waals surface area contributed by atoms with Crippen LogP contribution in [0.2, 0.25) is 0 Å². The summed E-state index contributed by atoms with van der Waals surface area (Å²) in [6.45, 7) is 0.509. The van der Waals surface area contributed by atoms with Crippen molar-refractivity contribution in [3.63, 3.8) is 0 Å². The SMILES string of the molecule is O=C(Nc1ccc2ncc(NCc3ccco3)n2n1)c1cccnc1. The third-order valence-electron chi connectivity index (χ3n) is 3.55. The maximum atomic E-state index is 12.2. The highest BCUT2D eigenvalue weighted by molar-refractivity contribution is 6.03. The van der Waals surface area contributed by atoms with Gasteiger partial charge in [0.25, 0.3) is 5.91 Å². The van der Waals surface area contributed by atoms with Gasteiger partial charge in [0.15, 0.2) is 11.5 Å². The van der Waals surface area contributed by atoms with E-state index in [4.69, 9.17) is 4.42 Å². The number of carbonyl (C=O) groups is 1. The summed E-state index contributed by atoms with van der Waals surface area (Å²) in [7, 11) is 0. The Morgan fingerprint density at radius 3 is 2.92 bits per heavy atom. The molecule has 0 spiro atoms. The number of pyridine rings is 1. The summed E-state index contributed by atoms with van der Waals surface area (Å²) in [5.41, 5.74) is 1.13. The molecule has 0 saturated carbocycles. The van der Waals surface area contributed by atoms with Crippen molar-refractivity contribution in [2.75, 3.05) is 10.6 Å². The number of imidazole rings is 1. The summed E-state index contributed by atoms with van der Waals surface area (Å²) in [5, 5.41) is 10.4. The zero-order chi connectivity index (χ0) is 17.1. The van der Waals surface area contributed by atoms with Gasteiger partial charge in [0.05, 0.1) is 24.6 Å². The van der Waals surface area contributed by atoms with Crippen molar-refractivity contribution in [2.45, 2.75) is 6.54 Å². The van der Waals surface area contributed by atoms with Gasteiger partial charge in [0.2, 0.25) is 0 Å². The second-order valence-electron chi connectivity index (χ2n) is 5.26. The molecule has 0 bridgehead atoms. The number of fused-ring (bicyclic) bond motifs is 1. The van der Waals surface area contributed by atoms with E-state index in [0.29, 0.717) is 29.4 Å². The first-order chi connectivity index (χ1) is 12.3. The average Bonchev–Trinajstić information content (AvgIpc) is 3.30. The molecular weight excluding hydrogens is 320 g/mol. The highest BCUT2D eigenvalue weighted by atomic mass is 16.3. The number of anilines is 2. The third-order valence-corrected chi connectivity index (χ3v) is 3.55. The number of amides is 1. The minimum atomic E-state index is -0.273. The van der Waals surface area contributed by atoms with E-state index in [1.807, 2.05) is 12.1 Å². The average molecular weight is 334 g/mol. The lowest BCUT2D eigenvalue weighted by atomic mass is 10.3. The molecule has 8 nitrogen and oxygen atoms in total. The molecule has 0 aliphatic rings. The van der Waals surface area contributed by atoms with E-state index < -0.39 is 0 Å². The van der Waals surface area contributed by atoms with E-state index in [-0.39, 0.29) is 5.91 Å². The Hall–Kier alpha value is -3.68. The quantitative estimate of drug-likeness (QED) is 0.582. The van der Waals surface area contributed by atoms with Crippen molar-refractivity contribution < 1.29 is 9.21 Å². The Labute approximate surface area is 142 Å². The van der Waals surface area contributed by atoms with Crippen molar-refractivity contribution >= 4 is 23.2 Å². The lowest BCUT2D eigenvalue weighted by molar-refractivity contribution is 0.102. The predicted octanol–water partition coefficient (Wildman–Crippen LogP) is 2.58. The molecule has 4 rings (SSSR count). The molecule has 4 aromatic heterocycles. The van der Waals surface area contributed by atoms with Gasteiger partial charge in [-0.05, 0) is 36.4 Å². The van der Waals surface area contributed by atoms with Crippen molar-refractivity contribution in [3.05, 3.63) is 72.6 Å². The Bertz CT molecular complexity index is 995. The summed E-state index contributed by atoms with van der Waals surface area (Å²) >= 11 is 0. The number of aromatic nitrogens is 4. The highest BCUT2D eigenvalue weighted by Crippen LogP contribution is 2.15. The van der Waals surface area contributed by atoms with Crippen LogP contribution in [0.1, 0.15) is 16.1 Å². The molecule has 25 heavy (non-hydrogen) atoms. The standard InChI is InChI=1S/C17H14N6O2/c24-17(12-3-1-7-18-9-12)21-14-5-6-15-20-11-16(23(15)22-14)19-10-13-4-2-8-25-13/h1-9,11,19H,10H2,(H,21,22,24). The van der Waals surface area contributed by atoms with Crippen LogP contribution >= 0.6 is 0 Å². The molecule has 0 radical (unpaired) electrons. The van der Waals surface area contributed by atoms with Gasteiger partial charge < -0.3 is 15.1 Å². The first-order valence-corrected chi connectivity index (χ1v) is 7.62. The second-order valence-corrected chi connectivity index (χ2v) is 5.26. The molecule has 1 amide bonds. The molecule has 2 N–H and O–H groups in total. The Balaban J connectivity index is 1.54. The molecule has 0 unspecified atom stereocenters. The van der Waals surface area contributed by atoms with Crippen LogP contribution in [0.3, 0.4) is 0 Å². The summed E-state index contributed by atoms with van der Waals surface area (Å²) in [6, 6.07) is 10.6. The van der Waals surface area contributed by atoms with Crippen LogP contribution in [-0.2, 0) is 6.54 Å². The molecule has 0 atom stereocenters. The highest BCUT2D eigenvalue weighted by Gasteiger charge is 2.10. The van der Waals surface area contributed by atoms with E-state index in [1.165, 1.54) is 6.20 Å². The second kappa shape index (κ2) is 6.44. The lowest BCUT2D eigenvalue weighted by Gasteiger charge is -2.07. The molecule has 4 heterocycles.